The van der Waals surface area contributed by atoms with Gasteiger partial charge in [0.2, 0.25) is 0 Å². The maximum absolute atomic E-state index is 13.7. The Morgan fingerprint density at radius 2 is 1.86 bits per heavy atom. The number of aromatic nitrogens is 1. The van der Waals surface area contributed by atoms with Crippen LogP contribution < -0.4 is 10.1 Å². The lowest BCUT2D eigenvalue weighted by Crippen LogP contribution is -2.19. The monoisotopic (exact) mass is 388 g/mol. The summed E-state index contributed by atoms with van der Waals surface area (Å²) in [6, 6.07) is 12.6. The zero-order valence-corrected chi connectivity index (χ0v) is 14.6. The van der Waals surface area contributed by atoms with E-state index in [1.807, 2.05) is 0 Å². The number of aromatic hydroxyl groups is 1. The second-order valence-electron chi connectivity index (χ2n) is 5.93. The number of hydrogen-bond donors (Lipinski definition) is 2. The first-order chi connectivity index (χ1) is 13.2. The van der Waals surface area contributed by atoms with Crippen LogP contribution in [-0.4, -0.2) is 22.1 Å². The van der Waals surface area contributed by atoms with Gasteiger partial charge in [0.1, 0.15) is 11.6 Å². The summed E-state index contributed by atoms with van der Waals surface area (Å²) in [5, 5.41) is 12.3. The van der Waals surface area contributed by atoms with Crippen molar-refractivity contribution in [2.75, 3.05) is 5.32 Å². The van der Waals surface area contributed by atoms with Gasteiger partial charge in [0.25, 0.3) is 5.91 Å². The minimum absolute atomic E-state index is 0.137. The van der Waals surface area contributed by atoms with Crippen LogP contribution in [0.4, 0.5) is 19.0 Å². The Balaban J connectivity index is 1.85. The third kappa shape index (κ3) is 4.40. The summed E-state index contributed by atoms with van der Waals surface area (Å²) in [5.74, 6) is -2.04. The van der Waals surface area contributed by atoms with Crippen LogP contribution >= 0.6 is 0 Å². The smallest absolute Gasteiger partial charge is 0.395 e. The lowest BCUT2D eigenvalue weighted by Gasteiger charge is -2.17. The van der Waals surface area contributed by atoms with Crippen molar-refractivity contribution < 1.29 is 27.8 Å². The van der Waals surface area contributed by atoms with Gasteiger partial charge >= 0.3 is 6.11 Å². The van der Waals surface area contributed by atoms with E-state index >= 15 is 0 Å². The third-order valence-corrected chi connectivity index (χ3v) is 3.71. The van der Waals surface area contributed by atoms with Gasteiger partial charge in [-0.1, -0.05) is 24.3 Å². The quantitative estimate of drug-likeness (QED) is 0.656. The van der Waals surface area contributed by atoms with Gasteiger partial charge in [-0.15, -0.1) is 0 Å². The number of phenolic OH excluding ortho intramolecular Hbond substituents is 1. The number of carbonyl (C=O) groups is 1. The van der Waals surface area contributed by atoms with E-state index in [1.54, 1.807) is 0 Å². The molecule has 0 saturated heterocycles. The molecule has 8 heteroatoms. The molecule has 3 aromatic rings. The molecule has 0 spiro atoms. The normalized spacial score (nSPS) is 11.1. The average Bonchev–Trinajstić information content (AvgIpc) is 2.63. The van der Waals surface area contributed by atoms with Gasteiger partial charge in [0.15, 0.2) is 11.5 Å². The highest BCUT2D eigenvalue weighted by atomic mass is 19.3. The molecule has 1 amide bonds. The van der Waals surface area contributed by atoms with Crippen LogP contribution in [0.1, 0.15) is 17.3 Å². The lowest BCUT2D eigenvalue weighted by molar-refractivity contribution is -0.159. The van der Waals surface area contributed by atoms with Crippen molar-refractivity contribution in [3.05, 3.63) is 72.2 Å². The van der Waals surface area contributed by atoms with Gasteiger partial charge in [-0.2, -0.15) is 8.78 Å². The summed E-state index contributed by atoms with van der Waals surface area (Å²) < 4.78 is 44.7. The molecular formula is C20H15F3N2O3. The Morgan fingerprint density at radius 3 is 2.50 bits per heavy atom. The number of nitrogens with zero attached hydrogens (tertiary/aromatic N) is 1. The molecule has 1 heterocycles. The number of pyridine rings is 1. The predicted octanol–water partition coefficient (Wildman–Crippen LogP) is 4.84. The molecule has 3 rings (SSSR count). The van der Waals surface area contributed by atoms with Crippen molar-refractivity contribution in [1.29, 1.82) is 0 Å². The second kappa shape index (κ2) is 7.59. The molecule has 0 aliphatic carbocycles. The van der Waals surface area contributed by atoms with Crippen LogP contribution in [0.15, 0.2) is 60.8 Å². The maximum atomic E-state index is 13.7. The molecule has 0 aliphatic rings. The van der Waals surface area contributed by atoms with Gasteiger partial charge in [-0.3, -0.25) is 4.79 Å². The Hall–Kier alpha value is -3.55. The molecule has 5 nitrogen and oxygen atoms in total. The molecule has 0 fully saturated rings. The predicted molar refractivity (Wildman–Crippen MR) is 96.9 cm³/mol. The van der Waals surface area contributed by atoms with E-state index in [0.29, 0.717) is 12.5 Å². The van der Waals surface area contributed by atoms with Crippen molar-refractivity contribution in [3.8, 4) is 22.6 Å². The molecule has 0 aliphatic heterocycles. The van der Waals surface area contributed by atoms with Crippen LogP contribution in [0.5, 0.6) is 11.5 Å². The third-order valence-electron chi connectivity index (χ3n) is 3.71. The number of hydrogen-bond acceptors (Lipinski definition) is 4. The number of alkyl halides is 2. The van der Waals surface area contributed by atoms with Crippen LogP contribution in [-0.2, 0) is 0 Å². The maximum Gasteiger partial charge on any atom is 0.395 e. The molecule has 144 valence electrons. The van der Waals surface area contributed by atoms with E-state index in [1.165, 1.54) is 60.8 Å². The Labute approximate surface area is 158 Å². The summed E-state index contributed by atoms with van der Waals surface area (Å²) in [6.45, 7) is 0.558. The molecule has 0 radical (unpaired) electrons. The molecule has 28 heavy (non-hydrogen) atoms. The molecular weight excluding hydrogens is 373 g/mol. The van der Waals surface area contributed by atoms with Gasteiger partial charge in [0.05, 0.1) is 5.56 Å². The van der Waals surface area contributed by atoms with E-state index in [9.17, 15) is 23.1 Å². The highest BCUT2D eigenvalue weighted by Gasteiger charge is 2.27. The highest BCUT2D eigenvalue weighted by molar-refractivity contribution is 6.04. The van der Waals surface area contributed by atoms with Crippen molar-refractivity contribution in [3.63, 3.8) is 0 Å². The number of phenols is 1. The Bertz CT molecular complexity index is 1000. The fraction of sp³-hybridized carbons (Fsp3) is 0.100. The van der Waals surface area contributed by atoms with E-state index in [2.05, 4.69) is 15.0 Å². The molecule has 0 atom stereocenters. The average molecular weight is 388 g/mol. The van der Waals surface area contributed by atoms with Crippen molar-refractivity contribution in [2.24, 2.45) is 0 Å². The number of carbonyl (C=O) groups excluding carboxylic acids is 1. The van der Waals surface area contributed by atoms with Crippen LogP contribution in [0.3, 0.4) is 0 Å². The largest absolute Gasteiger partial charge is 0.504 e. The van der Waals surface area contributed by atoms with Crippen molar-refractivity contribution >= 4 is 11.7 Å². The Morgan fingerprint density at radius 1 is 1.11 bits per heavy atom. The Kier molecular flexibility index (Phi) is 5.21. The minimum atomic E-state index is -3.49. The standard InChI is InChI=1S/C20H15F3N2O3/c1-20(22,23)28-18-13(6-4-8-16(18)26)12-9-10-17(24-11-12)25-19(27)14-5-2-3-7-15(14)21/h2-11,26H,1H3,(H,24,25,27). The topological polar surface area (TPSA) is 71.5 Å². The summed E-state index contributed by atoms with van der Waals surface area (Å²) in [5.41, 5.74) is 0.433. The molecule has 0 bridgehead atoms. The first-order valence-corrected chi connectivity index (χ1v) is 8.16. The number of anilines is 1. The SMILES string of the molecule is CC(F)(F)Oc1c(O)cccc1-c1ccc(NC(=O)c2ccccc2F)nc1. The summed E-state index contributed by atoms with van der Waals surface area (Å²) in [7, 11) is 0. The minimum Gasteiger partial charge on any atom is -0.504 e. The van der Waals surface area contributed by atoms with E-state index in [0.717, 1.165) is 0 Å². The number of ether oxygens (including phenoxy) is 1. The van der Waals surface area contributed by atoms with Crippen LogP contribution in [0.25, 0.3) is 11.1 Å². The molecule has 2 aromatic carbocycles. The van der Waals surface area contributed by atoms with Crippen LogP contribution in [0, 0.1) is 5.82 Å². The summed E-state index contributed by atoms with van der Waals surface area (Å²) >= 11 is 0. The molecule has 2 N–H and O–H groups in total. The summed E-state index contributed by atoms with van der Waals surface area (Å²) in [4.78, 5) is 16.2. The number of nitrogens with one attached hydrogen (secondary N) is 1. The van der Waals surface area contributed by atoms with E-state index in [-0.39, 0.29) is 22.7 Å². The number of amides is 1. The molecule has 1 aromatic heterocycles. The van der Waals surface area contributed by atoms with Gasteiger partial charge in [-0.25, -0.2) is 9.37 Å². The molecule has 0 saturated carbocycles. The highest BCUT2D eigenvalue weighted by Crippen LogP contribution is 2.39. The second-order valence-corrected chi connectivity index (χ2v) is 5.93. The number of halogens is 3. The summed E-state index contributed by atoms with van der Waals surface area (Å²) in [6.07, 6.45) is -2.18. The van der Waals surface area contributed by atoms with E-state index in [4.69, 9.17) is 0 Å². The lowest BCUT2D eigenvalue weighted by atomic mass is 10.1. The number of rotatable bonds is 5. The molecule has 0 unspecified atom stereocenters. The fourth-order valence-corrected chi connectivity index (χ4v) is 2.49. The van der Waals surface area contributed by atoms with E-state index < -0.39 is 23.6 Å². The first kappa shape index (κ1) is 19.2. The zero-order valence-electron chi connectivity index (χ0n) is 14.6. The zero-order chi connectivity index (χ0) is 20.3. The van der Waals surface area contributed by atoms with Gasteiger partial charge in [-0.05, 0) is 30.3 Å². The van der Waals surface area contributed by atoms with Crippen molar-refractivity contribution in [2.45, 2.75) is 13.0 Å². The number of benzene rings is 2. The number of para-hydroxylation sites is 1. The van der Waals surface area contributed by atoms with Gasteiger partial charge < -0.3 is 15.2 Å². The first-order valence-electron chi connectivity index (χ1n) is 8.16. The van der Waals surface area contributed by atoms with Crippen LogP contribution in [0.2, 0.25) is 0 Å². The fourth-order valence-electron chi connectivity index (χ4n) is 2.49. The van der Waals surface area contributed by atoms with Gasteiger partial charge in [0, 0.05) is 24.2 Å². The van der Waals surface area contributed by atoms with Crippen molar-refractivity contribution in [1.82, 2.24) is 4.98 Å².